The molecule has 1 aromatic heterocycles. The first-order valence-corrected chi connectivity index (χ1v) is 9.92. The van der Waals surface area contributed by atoms with Gasteiger partial charge in [-0.2, -0.15) is 0 Å². The number of hydrogen-bond acceptors (Lipinski definition) is 3. The number of thiophene rings is 1. The zero-order chi connectivity index (χ0) is 16.9. The summed E-state index contributed by atoms with van der Waals surface area (Å²) in [5, 5.41) is 10.5. The summed E-state index contributed by atoms with van der Waals surface area (Å²) in [5.74, 6) is 0. The number of nitrogens with one attached hydrogen (secondary N) is 2. The summed E-state index contributed by atoms with van der Waals surface area (Å²) < 4.78 is 0. The number of benzene rings is 1. The first kappa shape index (κ1) is 18.0. The first-order valence-electron chi connectivity index (χ1n) is 7.87. The Bertz CT molecular complexity index is 683. The Balaban J connectivity index is 1.44. The maximum atomic E-state index is 6.16. The van der Waals surface area contributed by atoms with Gasteiger partial charge in [-0.15, -0.1) is 11.3 Å². The number of nitrogens with zero attached hydrogens (tertiary/aromatic N) is 1. The summed E-state index contributed by atoms with van der Waals surface area (Å²) in [5.41, 5.74) is 0.772. The summed E-state index contributed by atoms with van der Waals surface area (Å²) in [6.45, 7) is 3.22. The maximum Gasteiger partial charge on any atom is 0.171 e. The average molecular weight is 400 g/mol. The van der Waals surface area contributed by atoms with Gasteiger partial charge >= 0.3 is 0 Å². The lowest BCUT2D eigenvalue weighted by molar-refractivity contribution is 0.201. The Hall–Kier alpha value is -0.850. The van der Waals surface area contributed by atoms with Crippen molar-refractivity contribution in [3.63, 3.8) is 0 Å². The summed E-state index contributed by atoms with van der Waals surface area (Å²) in [4.78, 5) is 3.92. The third-order valence-corrected chi connectivity index (χ3v) is 5.69. The maximum absolute atomic E-state index is 6.16. The summed E-state index contributed by atoms with van der Waals surface area (Å²) in [6, 6.07) is 10.0. The van der Waals surface area contributed by atoms with E-state index >= 15 is 0 Å². The summed E-state index contributed by atoms with van der Waals surface area (Å²) in [6.07, 6.45) is 2.17. The molecule has 0 bridgehead atoms. The molecule has 0 spiro atoms. The molecule has 0 atom stereocenters. The largest absolute Gasteiger partial charge is 0.360 e. The number of piperidine rings is 1. The van der Waals surface area contributed by atoms with Crippen LogP contribution in [0.4, 0.5) is 5.69 Å². The standard InChI is InChI=1S/C17H19Cl2N3S2/c18-12-3-4-16(15(19)10-12)21-17(23)20-13-5-7-22(8-6-13)11-14-2-1-9-24-14/h1-4,9-10,13H,5-8,11H2,(H2,20,21,23). The van der Waals surface area contributed by atoms with E-state index in [0.29, 0.717) is 21.2 Å². The Morgan fingerprint density at radius 2 is 2.04 bits per heavy atom. The fourth-order valence-corrected chi connectivity index (χ4v) is 4.27. The molecule has 7 heteroatoms. The van der Waals surface area contributed by atoms with Gasteiger partial charge in [0.15, 0.2) is 5.11 Å². The molecule has 0 saturated carbocycles. The van der Waals surface area contributed by atoms with Crippen LogP contribution in [0.5, 0.6) is 0 Å². The van der Waals surface area contributed by atoms with Gasteiger partial charge in [0.1, 0.15) is 0 Å². The number of rotatable bonds is 4. The van der Waals surface area contributed by atoms with Crippen LogP contribution in [0.1, 0.15) is 17.7 Å². The van der Waals surface area contributed by atoms with Crippen LogP contribution in [0.3, 0.4) is 0 Å². The van der Waals surface area contributed by atoms with E-state index < -0.39 is 0 Å². The van der Waals surface area contributed by atoms with E-state index in [9.17, 15) is 0 Å². The highest BCUT2D eigenvalue weighted by molar-refractivity contribution is 7.80. The molecule has 128 valence electrons. The van der Waals surface area contributed by atoms with E-state index in [-0.39, 0.29) is 0 Å². The van der Waals surface area contributed by atoms with Gasteiger partial charge in [-0.25, -0.2) is 0 Å². The molecule has 3 rings (SSSR count). The van der Waals surface area contributed by atoms with Crippen LogP contribution in [-0.4, -0.2) is 29.1 Å². The van der Waals surface area contributed by atoms with Crippen LogP contribution in [-0.2, 0) is 6.54 Å². The highest BCUT2D eigenvalue weighted by Crippen LogP contribution is 2.25. The molecule has 3 nitrogen and oxygen atoms in total. The van der Waals surface area contributed by atoms with Gasteiger partial charge in [-0.05, 0) is 54.7 Å². The Morgan fingerprint density at radius 1 is 1.25 bits per heavy atom. The number of anilines is 1. The average Bonchev–Trinajstić information content (AvgIpc) is 3.05. The van der Waals surface area contributed by atoms with Crippen LogP contribution in [0.15, 0.2) is 35.7 Å². The Kier molecular flexibility index (Phi) is 6.36. The number of halogens is 2. The molecule has 0 unspecified atom stereocenters. The smallest absolute Gasteiger partial charge is 0.171 e. The second-order valence-corrected chi connectivity index (χ2v) is 8.14. The Labute approximate surface area is 162 Å². The first-order chi connectivity index (χ1) is 11.6. The Morgan fingerprint density at radius 3 is 2.71 bits per heavy atom. The minimum Gasteiger partial charge on any atom is -0.360 e. The normalized spacial score (nSPS) is 16.1. The van der Waals surface area contributed by atoms with Crippen molar-refractivity contribution in [2.24, 2.45) is 0 Å². The van der Waals surface area contributed by atoms with Crippen LogP contribution >= 0.6 is 46.8 Å². The van der Waals surface area contributed by atoms with Gasteiger partial charge in [-0.3, -0.25) is 4.90 Å². The molecular weight excluding hydrogens is 381 g/mol. The molecule has 1 aliphatic rings. The minimum atomic E-state index is 0.399. The van der Waals surface area contributed by atoms with Crippen molar-refractivity contribution in [3.05, 3.63) is 50.6 Å². The predicted octanol–water partition coefficient (Wildman–Crippen LogP) is 5.01. The highest BCUT2D eigenvalue weighted by atomic mass is 35.5. The van der Waals surface area contributed by atoms with E-state index in [1.165, 1.54) is 4.88 Å². The van der Waals surface area contributed by atoms with Crippen molar-refractivity contribution in [2.75, 3.05) is 18.4 Å². The van der Waals surface area contributed by atoms with Gasteiger partial charge in [-0.1, -0.05) is 29.3 Å². The SMILES string of the molecule is S=C(Nc1ccc(Cl)cc1Cl)NC1CCN(Cc2cccs2)CC1. The minimum absolute atomic E-state index is 0.399. The molecule has 0 aliphatic carbocycles. The van der Waals surface area contributed by atoms with Crippen LogP contribution in [0.25, 0.3) is 0 Å². The van der Waals surface area contributed by atoms with Gasteiger partial charge in [0.2, 0.25) is 0 Å². The summed E-state index contributed by atoms with van der Waals surface area (Å²) >= 11 is 19.3. The molecule has 0 amide bonds. The second kappa shape index (κ2) is 8.50. The number of thiocarbonyl (C=S) groups is 1. The van der Waals surface area contributed by atoms with Gasteiger partial charge in [0.25, 0.3) is 0 Å². The molecule has 1 fully saturated rings. The zero-order valence-corrected chi connectivity index (χ0v) is 16.2. The number of likely N-dealkylation sites (tertiary alicyclic amines) is 1. The lowest BCUT2D eigenvalue weighted by atomic mass is 10.1. The van der Waals surface area contributed by atoms with E-state index in [4.69, 9.17) is 35.4 Å². The van der Waals surface area contributed by atoms with Crippen molar-refractivity contribution in [1.82, 2.24) is 10.2 Å². The summed E-state index contributed by atoms with van der Waals surface area (Å²) in [7, 11) is 0. The van der Waals surface area contributed by atoms with Gasteiger partial charge < -0.3 is 10.6 Å². The molecule has 1 aliphatic heterocycles. The quantitative estimate of drug-likeness (QED) is 0.706. The van der Waals surface area contributed by atoms with Gasteiger partial charge in [0.05, 0.1) is 10.7 Å². The topological polar surface area (TPSA) is 27.3 Å². The number of hydrogen-bond donors (Lipinski definition) is 2. The van der Waals surface area contributed by atoms with Crippen molar-refractivity contribution in [3.8, 4) is 0 Å². The molecule has 0 radical (unpaired) electrons. The predicted molar refractivity (Wildman–Crippen MR) is 108 cm³/mol. The lowest BCUT2D eigenvalue weighted by Crippen LogP contribution is -2.45. The highest BCUT2D eigenvalue weighted by Gasteiger charge is 2.20. The fraction of sp³-hybridized carbons (Fsp3) is 0.353. The third kappa shape index (κ3) is 5.07. The molecule has 1 saturated heterocycles. The van der Waals surface area contributed by atoms with E-state index in [0.717, 1.165) is 38.2 Å². The monoisotopic (exact) mass is 399 g/mol. The van der Waals surface area contributed by atoms with E-state index in [1.54, 1.807) is 12.1 Å². The van der Waals surface area contributed by atoms with Gasteiger partial charge in [0, 0.05) is 35.6 Å². The lowest BCUT2D eigenvalue weighted by Gasteiger charge is -2.32. The van der Waals surface area contributed by atoms with Crippen molar-refractivity contribution in [1.29, 1.82) is 0 Å². The van der Waals surface area contributed by atoms with Crippen molar-refractivity contribution >= 4 is 57.6 Å². The molecule has 24 heavy (non-hydrogen) atoms. The molecule has 2 heterocycles. The van der Waals surface area contributed by atoms with E-state index in [2.05, 4.69) is 33.0 Å². The molecule has 1 aromatic carbocycles. The zero-order valence-electron chi connectivity index (χ0n) is 13.1. The molecule has 2 N–H and O–H groups in total. The third-order valence-electron chi connectivity index (χ3n) is 4.06. The fourth-order valence-electron chi connectivity index (χ4n) is 2.79. The van der Waals surface area contributed by atoms with Crippen LogP contribution < -0.4 is 10.6 Å². The molecular formula is C17H19Cl2N3S2. The van der Waals surface area contributed by atoms with Crippen molar-refractivity contribution < 1.29 is 0 Å². The van der Waals surface area contributed by atoms with Crippen LogP contribution in [0.2, 0.25) is 10.0 Å². The molecule has 2 aromatic rings. The van der Waals surface area contributed by atoms with Crippen LogP contribution in [0, 0.1) is 0 Å². The van der Waals surface area contributed by atoms with Crippen molar-refractivity contribution in [2.45, 2.75) is 25.4 Å². The second-order valence-electron chi connectivity index (χ2n) is 5.85. The van der Waals surface area contributed by atoms with E-state index in [1.807, 2.05) is 17.4 Å².